The van der Waals surface area contributed by atoms with Gasteiger partial charge in [0.1, 0.15) is 12.2 Å². The molecule has 5 nitrogen and oxygen atoms in total. The number of nitrogens with zero attached hydrogens (tertiary/aromatic N) is 2. The second-order valence-corrected chi connectivity index (χ2v) is 4.59. The summed E-state index contributed by atoms with van der Waals surface area (Å²) in [5, 5.41) is 2.49. The van der Waals surface area contributed by atoms with Crippen molar-refractivity contribution in [1.29, 1.82) is 0 Å². The van der Waals surface area contributed by atoms with E-state index >= 15 is 0 Å². The number of carbonyl (C=O) groups is 2. The van der Waals surface area contributed by atoms with E-state index in [2.05, 4.69) is 11.6 Å². The molecule has 18 heavy (non-hydrogen) atoms. The molecule has 0 atom stereocenters. The number of aromatic nitrogens is 1. The smallest absolute Gasteiger partial charge is 0.325 e. The molecule has 0 aliphatic rings. The molecule has 0 radical (unpaired) electrons. The summed E-state index contributed by atoms with van der Waals surface area (Å²) in [4.78, 5) is 29.0. The lowest BCUT2D eigenvalue weighted by atomic mass is 10.3. The van der Waals surface area contributed by atoms with Crippen molar-refractivity contribution in [2.45, 2.75) is 13.8 Å². The first-order valence-electron chi connectivity index (χ1n) is 5.56. The van der Waals surface area contributed by atoms with Crippen molar-refractivity contribution < 1.29 is 14.3 Å². The first-order chi connectivity index (χ1) is 8.58. The van der Waals surface area contributed by atoms with E-state index in [1.807, 2.05) is 6.92 Å². The predicted molar refractivity (Wildman–Crippen MR) is 69.6 cm³/mol. The van der Waals surface area contributed by atoms with Crippen LogP contribution in [0.25, 0.3) is 0 Å². The van der Waals surface area contributed by atoms with E-state index in [0.717, 1.165) is 5.01 Å². The van der Waals surface area contributed by atoms with E-state index in [0.29, 0.717) is 12.3 Å². The quantitative estimate of drug-likeness (QED) is 0.581. The van der Waals surface area contributed by atoms with Gasteiger partial charge in [-0.3, -0.25) is 9.59 Å². The first-order valence-corrected chi connectivity index (χ1v) is 6.44. The van der Waals surface area contributed by atoms with Gasteiger partial charge < -0.3 is 9.64 Å². The summed E-state index contributed by atoms with van der Waals surface area (Å²) < 4.78 is 4.83. The van der Waals surface area contributed by atoms with E-state index < -0.39 is 5.97 Å². The Kier molecular flexibility index (Phi) is 5.51. The Hall–Kier alpha value is -1.69. The van der Waals surface area contributed by atoms with Gasteiger partial charge in [0.15, 0.2) is 0 Å². The number of esters is 1. The van der Waals surface area contributed by atoms with Gasteiger partial charge in [0.25, 0.3) is 5.91 Å². The molecule has 0 aliphatic carbocycles. The fraction of sp³-hybridized carbons (Fsp3) is 0.417. The van der Waals surface area contributed by atoms with Gasteiger partial charge in [-0.2, -0.15) is 0 Å². The van der Waals surface area contributed by atoms with Crippen molar-refractivity contribution in [3.63, 3.8) is 0 Å². The maximum atomic E-state index is 12.1. The average Bonchev–Trinajstić information content (AvgIpc) is 2.75. The van der Waals surface area contributed by atoms with Crippen LogP contribution in [0.15, 0.2) is 18.0 Å². The molecule has 0 saturated heterocycles. The van der Waals surface area contributed by atoms with E-state index in [1.54, 1.807) is 18.4 Å². The van der Waals surface area contributed by atoms with Gasteiger partial charge in [0.05, 0.1) is 11.6 Å². The number of aryl methyl sites for hydroxylation is 1. The zero-order valence-corrected chi connectivity index (χ0v) is 11.3. The van der Waals surface area contributed by atoms with Gasteiger partial charge >= 0.3 is 5.97 Å². The highest BCUT2D eigenvalue weighted by Crippen LogP contribution is 2.10. The van der Waals surface area contributed by atoms with Crippen molar-refractivity contribution in [3.8, 4) is 0 Å². The zero-order valence-electron chi connectivity index (χ0n) is 10.5. The van der Waals surface area contributed by atoms with Crippen molar-refractivity contribution in [3.05, 3.63) is 28.7 Å². The molecule has 1 rings (SSSR count). The van der Waals surface area contributed by atoms with E-state index in [9.17, 15) is 9.59 Å². The van der Waals surface area contributed by atoms with Crippen molar-refractivity contribution >= 4 is 23.2 Å². The Morgan fingerprint density at radius 3 is 2.83 bits per heavy atom. The molecule has 6 heteroatoms. The second kappa shape index (κ2) is 6.90. The van der Waals surface area contributed by atoms with Crippen LogP contribution in [0.5, 0.6) is 0 Å². The Balaban J connectivity index is 2.74. The highest BCUT2D eigenvalue weighted by molar-refractivity contribution is 7.09. The lowest BCUT2D eigenvalue weighted by molar-refractivity contribution is -0.143. The summed E-state index contributed by atoms with van der Waals surface area (Å²) in [5.74, 6) is -0.716. The number of hydrogen-bond donors (Lipinski definition) is 0. The monoisotopic (exact) mass is 268 g/mol. The number of thiazole rings is 1. The molecular weight excluding hydrogens is 252 g/mol. The Morgan fingerprint density at radius 1 is 1.61 bits per heavy atom. The standard InChI is InChI=1S/C12H16N2O3S/c1-4-6-14(7-11(15)17-5-2)12(16)10-8-18-9(3)13-10/h4,8H,1,5-7H2,2-3H3. The molecule has 0 saturated carbocycles. The van der Waals surface area contributed by atoms with E-state index in [1.165, 1.54) is 16.2 Å². The van der Waals surface area contributed by atoms with Crippen LogP contribution in [0.2, 0.25) is 0 Å². The summed E-state index contributed by atoms with van der Waals surface area (Å²) >= 11 is 1.40. The maximum absolute atomic E-state index is 12.1. The van der Waals surface area contributed by atoms with Crippen LogP contribution in [-0.2, 0) is 9.53 Å². The van der Waals surface area contributed by atoms with Crippen molar-refractivity contribution in [2.24, 2.45) is 0 Å². The lowest BCUT2D eigenvalue weighted by Gasteiger charge is -2.18. The molecule has 0 bridgehead atoms. The molecule has 98 valence electrons. The van der Waals surface area contributed by atoms with Crippen molar-refractivity contribution in [1.82, 2.24) is 9.88 Å². The molecule has 1 heterocycles. The summed E-state index contributed by atoms with van der Waals surface area (Å²) in [6.07, 6.45) is 1.57. The van der Waals surface area contributed by atoms with Crippen LogP contribution < -0.4 is 0 Å². The molecule has 1 amide bonds. The highest BCUT2D eigenvalue weighted by atomic mass is 32.1. The Morgan fingerprint density at radius 2 is 2.33 bits per heavy atom. The fourth-order valence-corrected chi connectivity index (χ4v) is 1.95. The zero-order chi connectivity index (χ0) is 13.5. The third-order valence-electron chi connectivity index (χ3n) is 2.10. The van der Waals surface area contributed by atoms with Gasteiger partial charge in [-0.1, -0.05) is 6.08 Å². The summed E-state index contributed by atoms with van der Waals surface area (Å²) in [7, 11) is 0. The molecule has 0 unspecified atom stereocenters. The minimum Gasteiger partial charge on any atom is -0.465 e. The van der Waals surface area contributed by atoms with Crippen LogP contribution in [0.1, 0.15) is 22.4 Å². The van der Waals surface area contributed by atoms with Crippen LogP contribution in [-0.4, -0.2) is 41.5 Å². The van der Waals surface area contributed by atoms with Crippen LogP contribution in [0.3, 0.4) is 0 Å². The lowest BCUT2D eigenvalue weighted by Crippen LogP contribution is -2.36. The Labute approximate surface area is 110 Å². The normalized spacial score (nSPS) is 9.89. The van der Waals surface area contributed by atoms with Crippen LogP contribution in [0, 0.1) is 6.92 Å². The summed E-state index contributed by atoms with van der Waals surface area (Å²) in [6, 6.07) is 0. The number of carbonyl (C=O) groups excluding carboxylic acids is 2. The SMILES string of the molecule is C=CCN(CC(=O)OCC)C(=O)c1csc(C)n1. The number of amides is 1. The number of ether oxygens (including phenoxy) is 1. The average molecular weight is 268 g/mol. The molecule has 0 aromatic carbocycles. The molecule has 1 aromatic rings. The molecule has 0 fully saturated rings. The van der Waals surface area contributed by atoms with Gasteiger partial charge in [0.2, 0.25) is 0 Å². The van der Waals surface area contributed by atoms with Gasteiger partial charge in [-0.25, -0.2) is 4.98 Å². The second-order valence-electron chi connectivity index (χ2n) is 3.53. The van der Waals surface area contributed by atoms with Gasteiger partial charge in [-0.15, -0.1) is 17.9 Å². The largest absolute Gasteiger partial charge is 0.465 e. The third-order valence-corrected chi connectivity index (χ3v) is 2.87. The van der Waals surface area contributed by atoms with Crippen molar-refractivity contribution in [2.75, 3.05) is 19.7 Å². The predicted octanol–water partition coefficient (Wildman–Crippen LogP) is 1.64. The molecular formula is C12H16N2O3S. The van der Waals surface area contributed by atoms with E-state index in [-0.39, 0.29) is 19.0 Å². The van der Waals surface area contributed by atoms with Gasteiger partial charge in [0, 0.05) is 11.9 Å². The summed E-state index contributed by atoms with van der Waals surface area (Å²) in [5.41, 5.74) is 0.351. The summed E-state index contributed by atoms with van der Waals surface area (Å²) in [6.45, 7) is 7.61. The molecule has 1 aromatic heterocycles. The molecule has 0 aliphatic heterocycles. The van der Waals surface area contributed by atoms with Gasteiger partial charge in [-0.05, 0) is 13.8 Å². The third kappa shape index (κ3) is 3.96. The van der Waals surface area contributed by atoms with E-state index in [4.69, 9.17) is 4.74 Å². The highest BCUT2D eigenvalue weighted by Gasteiger charge is 2.20. The fourth-order valence-electron chi connectivity index (χ4n) is 1.36. The van der Waals surface area contributed by atoms with Crippen LogP contribution >= 0.6 is 11.3 Å². The number of hydrogen-bond acceptors (Lipinski definition) is 5. The number of rotatable bonds is 6. The Bertz CT molecular complexity index is 442. The minimum atomic E-state index is -0.431. The van der Waals surface area contributed by atoms with Crippen LogP contribution in [0.4, 0.5) is 0 Å². The minimum absolute atomic E-state index is 0.0880. The molecule has 0 N–H and O–H groups in total. The molecule has 0 spiro atoms. The topological polar surface area (TPSA) is 59.5 Å². The maximum Gasteiger partial charge on any atom is 0.325 e. The first kappa shape index (κ1) is 14.4.